The molecule has 1 unspecified atom stereocenters. The van der Waals surface area contributed by atoms with Crippen molar-refractivity contribution in [3.8, 4) is 0 Å². The Morgan fingerprint density at radius 3 is 2.90 bits per heavy atom. The lowest BCUT2D eigenvalue weighted by molar-refractivity contribution is 0.427. The maximum atomic E-state index is 4.03. The zero-order valence-electron chi connectivity index (χ0n) is 6.70. The molecular weight excluding hydrogens is 126 g/mol. The van der Waals surface area contributed by atoms with Crippen LogP contribution in [0.15, 0.2) is 15.4 Å². The van der Waals surface area contributed by atoms with Crippen molar-refractivity contribution in [2.24, 2.45) is 21.4 Å². The molecule has 0 radical (unpaired) electrons. The Morgan fingerprint density at radius 2 is 2.20 bits per heavy atom. The first-order chi connectivity index (χ1) is 4.60. The van der Waals surface area contributed by atoms with Gasteiger partial charge in [0, 0.05) is 6.21 Å². The first-order valence-electron chi connectivity index (χ1n) is 3.55. The molecular formula is C7H13N3. The van der Waals surface area contributed by atoms with Crippen LogP contribution in [-0.2, 0) is 0 Å². The van der Waals surface area contributed by atoms with Gasteiger partial charge in [0.05, 0.1) is 5.54 Å². The van der Waals surface area contributed by atoms with Gasteiger partial charge in [-0.1, -0.05) is 6.92 Å². The zero-order chi connectivity index (χ0) is 7.61. The van der Waals surface area contributed by atoms with Gasteiger partial charge in [-0.2, -0.15) is 5.11 Å². The van der Waals surface area contributed by atoms with Crippen LogP contribution in [0.25, 0.3) is 0 Å². The number of nitrogens with zero attached hydrogens (tertiary/aromatic N) is 3. The molecule has 0 aromatic heterocycles. The zero-order valence-corrected chi connectivity index (χ0v) is 6.70. The lowest BCUT2D eigenvalue weighted by Gasteiger charge is -2.17. The summed E-state index contributed by atoms with van der Waals surface area (Å²) in [7, 11) is 0. The van der Waals surface area contributed by atoms with Crippen molar-refractivity contribution < 1.29 is 0 Å². The first kappa shape index (κ1) is 7.38. The molecule has 56 valence electrons. The summed E-state index contributed by atoms with van der Waals surface area (Å²) in [5.74, 6) is 0.491. The molecule has 0 N–H and O–H groups in total. The van der Waals surface area contributed by atoms with E-state index in [0.29, 0.717) is 5.92 Å². The average molecular weight is 139 g/mol. The monoisotopic (exact) mass is 139 g/mol. The van der Waals surface area contributed by atoms with Crippen LogP contribution in [0, 0.1) is 5.92 Å². The van der Waals surface area contributed by atoms with Crippen LogP contribution in [-0.4, -0.2) is 11.8 Å². The summed E-state index contributed by atoms with van der Waals surface area (Å²) in [6, 6.07) is 0. The largest absolute Gasteiger partial charge is 0.163 e. The van der Waals surface area contributed by atoms with E-state index in [1.165, 1.54) is 0 Å². The summed E-state index contributed by atoms with van der Waals surface area (Å²) in [6.45, 7) is 6.27. The van der Waals surface area contributed by atoms with E-state index in [1.807, 2.05) is 6.21 Å². The molecule has 0 amide bonds. The van der Waals surface area contributed by atoms with E-state index in [4.69, 9.17) is 0 Å². The number of hydrogen-bond acceptors (Lipinski definition) is 3. The smallest absolute Gasteiger partial charge is 0.0788 e. The summed E-state index contributed by atoms with van der Waals surface area (Å²) in [6.07, 6.45) is 2.87. The highest BCUT2D eigenvalue weighted by molar-refractivity contribution is 5.60. The molecule has 10 heavy (non-hydrogen) atoms. The predicted molar refractivity (Wildman–Crippen MR) is 41.2 cm³/mol. The van der Waals surface area contributed by atoms with Gasteiger partial charge in [0.15, 0.2) is 0 Å². The minimum atomic E-state index is -0.0318. The van der Waals surface area contributed by atoms with Gasteiger partial charge in [-0.05, 0) is 31.4 Å². The minimum Gasteiger partial charge on any atom is -0.163 e. The summed E-state index contributed by atoms with van der Waals surface area (Å²) >= 11 is 0. The Bertz CT molecular complexity index is 170. The third-order valence-electron chi connectivity index (χ3n) is 1.51. The van der Waals surface area contributed by atoms with Crippen molar-refractivity contribution in [1.29, 1.82) is 0 Å². The van der Waals surface area contributed by atoms with E-state index in [9.17, 15) is 0 Å². The van der Waals surface area contributed by atoms with E-state index < -0.39 is 0 Å². The maximum Gasteiger partial charge on any atom is 0.0788 e. The first-order valence-corrected chi connectivity index (χ1v) is 3.55. The molecule has 3 heteroatoms. The van der Waals surface area contributed by atoms with Gasteiger partial charge in [0.1, 0.15) is 0 Å². The van der Waals surface area contributed by atoms with Gasteiger partial charge in [0.25, 0.3) is 0 Å². The second-order valence-corrected chi connectivity index (χ2v) is 3.45. The highest BCUT2D eigenvalue weighted by atomic mass is 15.4. The quantitative estimate of drug-likeness (QED) is 0.493. The van der Waals surface area contributed by atoms with Gasteiger partial charge in [-0.25, -0.2) is 0 Å². The SMILES string of the molecule is CC1C=NN=NC(C)(C)C1. The second kappa shape index (κ2) is 2.48. The van der Waals surface area contributed by atoms with E-state index in [2.05, 4.69) is 36.2 Å². The third kappa shape index (κ3) is 1.90. The van der Waals surface area contributed by atoms with Crippen molar-refractivity contribution in [2.45, 2.75) is 32.7 Å². The van der Waals surface area contributed by atoms with Crippen molar-refractivity contribution in [3.63, 3.8) is 0 Å². The fourth-order valence-electron chi connectivity index (χ4n) is 1.17. The van der Waals surface area contributed by atoms with Crippen molar-refractivity contribution >= 4 is 6.21 Å². The van der Waals surface area contributed by atoms with E-state index in [-0.39, 0.29) is 5.54 Å². The third-order valence-corrected chi connectivity index (χ3v) is 1.51. The number of hydrogen-bond donors (Lipinski definition) is 0. The topological polar surface area (TPSA) is 37.1 Å². The molecule has 0 aromatic rings. The van der Waals surface area contributed by atoms with Crippen LogP contribution in [0.2, 0.25) is 0 Å². The van der Waals surface area contributed by atoms with Crippen LogP contribution in [0.4, 0.5) is 0 Å². The van der Waals surface area contributed by atoms with Crippen molar-refractivity contribution in [2.75, 3.05) is 0 Å². The van der Waals surface area contributed by atoms with Crippen molar-refractivity contribution in [3.05, 3.63) is 0 Å². The Kier molecular flexibility index (Phi) is 1.83. The van der Waals surface area contributed by atoms with Crippen molar-refractivity contribution in [1.82, 2.24) is 0 Å². The molecule has 1 aliphatic rings. The molecule has 0 saturated carbocycles. The molecule has 3 nitrogen and oxygen atoms in total. The molecule has 0 aromatic carbocycles. The van der Waals surface area contributed by atoms with Gasteiger partial charge in [-0.3, -0.25) is 0 Å². The fourth-order valence-corrected chi connectivity index (χ4v) is 1.17. The van der Waals surface area contributed by atoms with E-state index in [1.54, 1.807) is 0 Å². The molecule has 1 rings (SSSR count). The molecule has 1 aliphatic heterocycles. The van der Waals surface area contributed by atoms with Crippen LogP contribution in [0.5, 0.6) is 0 Å². The molecule has 1 atom stereocenters. The molecule has 0 fully saturated rings. The van der Waals surface area contributed by atoms with E-state index in [0.717, 1.165) is 6.42 Å². The van der Waals surface area contributed by atoms with Gasteiger partial charge >= 0.3 is 0 Å². The Morgan fingerprint density at radius 1 is 1.50 bits per heavy atom. The second-order valence-electron chi connectivity index (χ2n) is 3.45. The standard InChI is InChI=1S/C7H13N3/c1-6-4-7(2,3)9-10-8-5-6/h5-6H,4H2,1-3H3. The summed E-state index contributed by atoms with van der Waals surface area (Å²) in [5.41, 5.74) is -0.0318. The normalized spacial score (nSPS) is 30.1. The highest BCUT2D eigenvalue weighted by Crippen LogP contribution is 2.21. The Hall–Kier alpha value is -0.730. The molecule has 0 spiro atoms. The minimum absolute atomic E-state index is 0.0318. The van der Waals surface area contributed by atoms with Crippen LogP contribution < -0.4 is 0 Å². The highest BCUT2D eigenvalue weighted by Gasteiger charge is 2.20. The van der Waals surface area contributed by atoms with E-state index >= 15 is 0 Å². The molecule has 0 aliphatic carbocycles. The van der Waals surface area contributed by atoms with Gasteiger partial charge in [0.2, 0.25) is 0 Å². The summed E-state index contributed by atoms with van der Waals surface area (Å²) < 4.78 is 0. The number of rotatable bonds is 0. The van der Waals surface area contributed by atoms with Crippen LogP contribution in [0.3, 0.4) is 0 Å². The predicted octanol–water partition coefficient (Wildman–Crippen LogP) is 2.24. The van der Waals surface area contributed by atoms with Crippen LogP contribution >= 0.6 is 0 Å². The fraction of sp³-hybridized carbons (Fsp3) is 0.857. The summed E-state index contributed by atoms with van der Waals surface area (Å²) in [4.78, 5) is 0. The lowest BCUT2D eigenvalue weighted by Crippen LogP contribution is -2.19. The van der Waals surface area contributed by atoms with Gasteiger partial charge in [-0.15, -0.1) is 5.10 Å². The maximum absolute atomic E-state index is 4.03. The average Bonchev–Trinajstić information content (AvgIpc) is 1.90. The summed E-state index contributed by atoms with van der Waals surface area (Å²) in [5, 5.41) is 11.5. The van der Waals surface area contributed by atoms with Crippen LogP contribution in [0.1, 0.15) is 27.2 Å². The lowest BCUT2D eigenvalue weighted by atomic mass is 9.94. The Labute approximate surface area is 61.2 Å². The van der Waals surface area contributed by atoms with Gasteiger partial charge < -0.3 is 0 Å². The Balaban J connectivity index is 2.69. The molecule has 0 bridgehead atoms. The molecule has 1 heterocycles. The molecule has 0 saturated heterocycles.